The third kappa shape index (κ3) is 3.37. The average molecular weight is 300 g/mol. The van der Waals surface area contributed by atoms with Gasteiger partial charge in [-0.25, -0.2) is 4.98 Å². The van der Waals surface area contributed by atoms with E-state index in [4.69, 9.17) is 11.6 Å². The maximum absolute atomic E-state index is 5.91. The number of anilines is 1. The lowest BCUT2D eigenvalue weighted by Crippen LogP contribution is -2.27. The summed E-state index contributed by atoms with van der Waals surface area (Å²) in [7, 11) is 0. The van der Waals surface area contributed by atoms with Gasteiger partial charge in [0.1, 0.15) is 5.15 Å². The van der Waals surface area contributed by atoms with Crippen LogP contribution >= 0.6 is 11.6 Å². The number of halogens is 1. The molecule has 0 bridgehead atoms. The summed E-state index contributed by atoms with van der Waals surface area (Å²) in [6.45, 7) is 2.18. The SMILES string of the molecule is C[C@@H](NC1=C(Nc2ccnc(Cl)c2)CC1)c1ccccc1. The summed E-state index contributed by atoms with van der Waals surface area (Å²) in [6.07, 6.45) is 3.85. The summed E-state index contributed by atoms with van der Waals surface area (Å²) >= 11 is 5.91. The van der Waals surface area contributed by atoms with Crippen LogP contribution in [-0.4, -0.2) is 4.98 Å². The standard InChI is InChI=1S/C17H18ClN3/c1-12(13-5-3-2-4-6-13)20-15-7-8-16(15)21-14-9-10-19-17(18)11-14/h2-6,9-12,20H,7-8H2,1H3,(H,19,21)/t12-/m1/s1. The van der Waals surface area contributed by atoms with E-state index in [0.29, 0.717) is 11.2 Å². The van der Waals surface area contributed by atoms with Crippen molar-refractivity contribution in [3.05, 3.63) is 70.8 Å². The van der Waals surface area contributed by atoms with Crippen molar-refractivity contribution in [2.75, 3.05) is 5.32 Å². The monoisotopic (exact) mass is 299 g/mol. The molecule has 1 aromatic heterocycles. The van der Waals surface area contributed by atoms with Gasteiger partial charge in [0.15, 0.2) is 0 Å². The molecule has 1 atom stereocenters. The Bertz CT molecular complexity index is 652. The molecule has 1 aromatic carbocycles. The number of nitrogens with one attached hydrogen (secondary N) is 2. The van der Waals surface area contributed by atoms with Crippen LogP contribution in [0.5, 0.6) is 0 Å². The number of benzene rings is 1. The Morgan fingerprint density at radius 2 is 1.86 bits per heavy atom. The highest BCUT2D eigenvalue weighted by Gasteiger charge is 2.19. The first-order chi connectivity index (χ1) is 10.2. The van der Waals surface area contributed by atoms with Crippen molar-refractivity contribution in [3.63, 3.8) is 0 Å². The summed E-state index contributed by atoms with van der Waals surface area (Å²) < 4.78 is 0. The van der Waals surface area contributed by atoms with Gasteiger partial charge >= 0.3 is 0 Å². The Kier molecular flexibility index (Phi) is 4.11. The van der Waals surface area contributed by atoms with Crippen LogP contribution < -0.4 is 10.6 Å². The molecule has 0 spiro atoms. The Labute approximate surface area is 130 Å². The molecule has 1 heterocycles. The van der Waals surface area contributed by atoms with Crippen LogP contribution in [0, 0.1) is 0 Å². The van der Waals surface area contributed by atoms with E-state index >= 15 is 0 Å². The van der Waals surface area contributed by atoms with Gasteiger partial charge in [0, 0.05) is 29.3 Å². The number of aromatic nitrogens is 1. The molecule has 2 aromatic rings. The normalized spacial score (nSPS) is 15.3. The topological polar surface area (TPSA) is 37.0 Å². The van der Waals surface area contributed by atoms with E-state index in [9.17, 15) is 0 Å². The highest BCUT2D eigenvalue weighted by molar-refractivity contribution is 6.29. The average Bonchev–Trinajstić information content (AvgIpc) is 2.50. The molecule has 3 rings (SSSR count). The second kappa shape index (κ2) is 6.19. The van der Waals surface area contributed by atoms with Crippen LogP contribution in [0.2, 0.25) is 5.15 Å². The zero-order valence-corrected chi connectivity index (χ0v) is 12.7. The third-order valence-corrected chi connectivity index (χ3v) is 3.91. The lowest BCUT2D eigenvalue weighted by Gasteiger charge is -2.29. The lowest BCUT2D eigenvalue weighted by molar-refractivity contribution is 0.584. The zero-order valence-electron chi connectivity index (χ0n) is 11.9. The van der Waals surface area contributed by atoms with Crippen molar-refractivity contribution in [1.82, 2.24) is 10.3 Å². The molecule has 3 nitrogen and oxygen atoms in total. The molecular weight excluding hydrogens is 282 g/mol. The Balaban J connectivity index is 1.68. The molecule has 0 aliphatic heterocycles. The number of rotatable bonds is 5. The Hall–Kier alpha value is -2.00. The van der Waals surface area contributed by atoms with E-state index in [1.165, 1.54) is 17.0 Å². The first kappa shape index (κ1) is 14.0. The number of hydrogen-bond donors (Lipinski definition) is 2. The van der Waals surface area contributed by atoms with Crippen LogP contribution in [0.15, 0.2) is 60.1 Å². The second-order valence-electron chi connectivity index (χ2n) is 5.23. The maximum Gasteiger partial charge on any atom is 0.131 e. The molecule has 0 radical (unpaired) electrons. The third-order valence-electron chi connectivity index (χ3n) is 3.70. The fourth-order valence-corrected chi connectivity index (χ4v) is 2.59. The smallest absolute Gasteiger partial charge is 0.131 e. The summed E-state index contributed by atoms with van der Waals surface area (Å²) in [5.41, 5.74) is 4.79. The van der Waals surface area contributed by atoms with Crippen LogP contribution in [0.3, 0.4) is 0 Å². The predicted octanol–water partition coefficient (Wildman–Crippen LogP) is 4.50. The van der Waals surface area contributed by atoms with Crippen molar-refractivity contribution in [1.29, 1.82) is 0 Å². The Morgan fingerprint density at radius 3 is 2.52 bits per heavy atom. The molecular formula is C17H18ClN3. The summed E-state index contributed by atoms with van der Waals surface area (Å²) in [4.78, 5) is 3.99. The van der Waals surface area contributed by atoms with Gasteiger partial charge in [-0.05, 0) is 37.5 Å². The van der Waals surface area contributed by atoms with E-state index in [1.54, 1.807) is 6.20 Å². The molecule has 0 saturated carbocycles. The van der Waals surface area contributed by atoms with Crippen LogP contribution in [-0.2, 0) is 0 Å². The summed E-state index contributed by atoms with van der Waals surface area (Å²) in [5, 5.41) is 7.51. The van der Waals surface area contributed by atoms with Crippen molar-refractivity contribution in [3.8, 4) is 0 Å². The van der Waals surface area contributed by atoms with Gasteiger partial charge in [0.05, 0.1) is 0 Å². The fraction of sp³-hybridized carbons (Fsp3) is 0.235. The maximum atomic E-state index is 5.91. The summed E-state index contributed by atoms with van der Waals surface area (Å²) in [5.74, 6) is 0. The molecule has 1 aliphatic carbocycles. The lowest BCUT2D eigenvalue weighted by atomic mass is 9.98. The number of hydrogen-bond acceptors (Lipinski definition) is 3. The largest absolute Gasteiger partial charge is 0.380 e. The molecule has 0 unspecified atom stereocenters. The molecule has 21 heavy (non-hydrogen) atoms. The van der Waals surface area contributed by atoms with E-state index in [-0.39, 0.29) is 0 Å². The highest BCUT2D eigenvalue weighted by Crippen LogP contribution is 2.29. The van der Waals surface area contributed by atoms with E-state index in [2.05, 4.69) is 46.8 Å². The first-order valence-corrected chi connectivity index (χ1v) is 7.52. The molecule has 0 fully saturated rings. The highest BCUT2D eigenvalue weighted by atomic mass is 35.5. The number of nitrogens with zero attached hydrogens (tertiary/aromatic N) is 1. The van der Waals surface area contributed by atoms with Gasteiger partial charge < -0.3 is 10.6 Å². The minimum atomic E-state index is 0.305. The zero-order chi connectivity index (χ0) is 14.7. The first-order valence-electron chi connectivity index (χ1n) is 7.14. The number of allylic oxidation sites excluding steroid dienone is 2. The van der Waals surface area contributed by atoms with Gasteiger partial charge in [0.2, 0.25) is 0 Å². The van der Waals surface area contributed by atoms with Gasteiger partial charge in [-0.15, -0.1) is 0 Å². The molecule has 1 aliphatic rings. The minimum Gasteiger partial charge on any atom is -0.380 e. The van der Waals surface area contributed by atoms with Crippen molar-refractivity contribution in [2.45, 2.75) is 25.8 Å². The van der Waals surface area contributed by atoms with Gasteiger partial charge in [0.25, 0.3) is 0 Å². The predicted molar refractivity (Wildman–Crippen MR) is 87.1 cm³/mol. The van der Waals surface area contributed by atoms with Crippen LogP contribution in [0.1, 0.15) is 31.4 Å². The van der Waals surface area contributed by atoms with Crippen molar-refractivity contribution >= 4 is 17.3 Å². The molecule has 2 N–H and O–H groups in total. The van der Waals surface area contributed by atoms with E-state index in [1.807, 2.05) is 18.2 Å². The van der Waals surface area contributed by atoms with Crippen molar-refractivity contribution < 1.29 is 0 Å². The molecule has 0 saturated heterocycles. The molecule has 0 amide bonds. The second-order valence-corrected chi connectivity index (χ2v) is 5.61. The Morgan fingerprint density at radius 1 is 1.10 bits per heavy atom. The summed E-state index contributed by atoms with van der Waals surface area (Å²) in [6, 6.07) is 14.5. The van der Waals surface area contributed by atoms with E-state index in [0.717, 1.165) is 18.5 Å². The molecule has 4 heteroatoms. The van der Waals surface area contributed by atoms with Crippen LogP contribution in [0.4, 0.5) is 5.69 Å². The van der Waals surface area contributed by atoms with Crippen molar-refractivity contribution in [2.24, 2.45) is 0 Å². The van der Waals surface area contributed by atoms with Gasteiger partial charge in [-0.2, -0.15) is 0 Å². The molecule has 108 valence electrons. The van der Waals surface area contributed by atoms with Gasteiger partial charge in [-0.3, -0.25) is 0 Å². The minimum absolute atomic E-state index is 0.305. The van der Waals surface area contributed by atoms with Gasteiger partial charge in [-0.1, -0.05) is 41.9 Å². The quantitative estimate of drug-likeness (QED) is 0.798. The number of pyridine rings is 1. The fourth-order valence-electron chi connectivity index (χ4n) is 2.41. The van der Waals surface area contributed by atoms with Crippen LogP contribution in [0.25, 0.3) is 0 Å². The van der Waals surface area contributed by atoms with E-state index < -0.39 is 0 Å².